The highest BCUT2D eigenvalue weighted by molar-refractivity contribution is 5.96. The first kappa shape index (κ1) is 36.6. The molecule has 6 heterocycles. The minimum atomic E-state index is -1.33. The van der Waals surface area contributed by atoms with E-state index in [1.54, 1.807) is 18.2 Å². The van der Waals surface area contributed by atoms with Crippen molar-refractivity contribution in [2.75, 3.05) is 74.5 Å². The Morgan fingerprint density at radius 3 is 2.58 bits per heavy atom. The quantitative estimate of drug-likeness (QED) is 0.146. The number of nitrogens with zero attached hydrogens (tertiary/aromatic N) is 7. The fourth-order valence-electron chi connectivity index (χ4n) is 9.70. The number of phenolic OH excluding ortho intramolecular Hbond substituents is 1. The number of aryl methyl sites for hydroxylation is 2. The van der Waals surface area contributed by atoms with Gasteiger partial charge in [-0.15, -0.1) is 10.2 Å². The Morgan fingerprint density at radius 2 is 1.80 bits per heavy atom. The average Bonchev–Trinajstić information content (AvgIpc) is 3.59. The normalized spacial score (nSPS) is 23.4. The lowest BCUT2D eigenvalue weighted by Crippen LogP contribution is -2.51. The maximum atomic E-state index is 16.5. The summed E-state index contributed by atoms with van der Waals surface area (Å²) in [6.07, 6.45) is 10.3. The van der Waals surface area contributed by atoms with E-state index in [0.717, 1.165) is 74.2 Å². The molecule has 0 radical (unpaired) electrons. The molecule has 2 aromatic heterocycles. The van der Waals surface area contributed by atoms with Gasteiger partial charge in [-0.3, -0.25) is 10.1 Å². The lowest BCUT2D eigenvalue weighted by Gasteiger charge is -2.41. The summed E-state index contributed by atoms with van der Waals surface area (Å²) in [4.78, 5) is 22.0. The average molecular weight is 800 g/mol. The number of aromatic nitrogens is 3. The van der Waals surface area contributed by atoms with E-state index in [2.05, 4.69) is 67.3 Å². The number of fused-ring (bicyclic) bond motifs is 1. The van der Waals surface area contributed by atoms with E-state index in [1.165, 1.54) is 16.6 Å². The first-order chi connectivity index (χ1) is 29.4. The number of likely N-dealkylation sites (tertiary alicyclic amines) is 2. The third kappa shape index (κ3) is 8.00. The third-order valence-electron chi connectivity index (χ3n) is 13.1. The van der Waals surface area contributed by atoms with Crippen LogP contribution < -0.4 is 20.9 Å². The van der Waals surface area contributed by atoms with Gasteiger partial charge in [0.25, 0.3) is 5.91 Å². The number of para-hydroxylation sites is 1. The summed E-state index contributed by atoms with van der Waals surface area (Å²) in [5, 5.41) is 23.0. The number of hydrogen-bond donors (Lipinski definition) is 3. The second kappa shape index (κ2) is 16.3. The summed E-state index contributed by atoms with van der Waals surface area (Å²) in [7, 11) is 0. The van der Waals surface area contributed by atoms with Crippen LogP contribution in [0.5, 0.6) is 5.75 Å². The lowest BCUT2D eigenvalue weighted by molar-refractivity contribution is 0.0158. The number of anilines is 3. The number of rotatable bonds is 8. The SMILES string of the molecule is [2H]C1C=CN(c2ccc3c(c2)c(C)cn3C2CCN(CC3(F)CCN(C(=O)c4ccc(C5CCCN(c6cc(-c7ccccc7O)nnc6N)C5)cc4C)CC3)CC2)C([2H])N1. The van der Waals surface area contributed by atoms with Gasteiger partial charge in [-0.2, -0.15) is 0 Å². The van der Waals surface area contributed by atoms with Crippen molar-refractivity contribution in [3.05, 3.63) is 107 Å². The van der Waals surface area contributed by atoms with Crippen LogP contribution in [0, 0.1) is 13.8 Å². The molecule has 0 spiro atoms. The summed E-state index contributed by atoms with van der Waals surface area (Å²) in [6.45, 7) is 7.26. The van der Waals surface area contributed by atoms with Crippen LogP contribution in [0.3, 0.4) is 0 Å². The molecule has 11 nitrogen and oxygen atoms in total. The number of carbonyl (C=O) groups excluding carboxylic acids is 1. The Morgan fingerprint density at radius 1 is 0.983 bits per heavy atom. The molecule has 3 atom stereocenters. The summed E-state index contributed by atoms with van der Waals surface area (Å²) in [5.41, 5.74) is 13.0. The van der Waals surface area contributed by atoms with Crippen molar-refractivity contribution in [1.82, 2.24) is 29.9 Å². The van der Waals surface area contributed by atoms with Crippen molar-refractivity contribution in [3.8, 4) is 17.0 Å². The van der Waals surface area contributed by atoms with Gasteiger partial charge in [-0.05, 0) is 98.7 Å². The van der Waals surface area contributed by atoms with Gasteiger partial charge < -0.3 is 35.0 Å². The van der Waals surface area contributed by atoms with Crippen LogP contribution in [-0.2, 0) is 0 Å². The molecule has 1 amide bonds. The van der Waals surface area contributed by atoms with Crippen LogP contribution in [0.2, 0.25) is 0 Å². The largest absolute Gasteiger partial charge is 0.507 e. The number of phenols is 1. The van der Waals surface area contributed by atoms with E-state index >= 15 is 4.39 Å². The van der Waals surface area contributed by atoms with E-state index in [1.807, 2.05) is 53.3 Å². The van der Waals surface area contributed by atoms with Gasteiger partial charge in [0.2, 0.25) is 0 Å². The first-order valence-electron chi connectivity index (χ1n) is 22.2. The van der Waals surface area contributed by atoms with Crippen molar-refractivity contribution < 1.29 is 17.0 Å². The summed E-state index contributed by atoms with van der Waals surface area (Å²) in [6, 6.07) is 21.8. The molecule has 3 unspecified atom stereocenters. The minimum Gasteiger partial charge on any atom is -0.507 e. The molecular weight excluding hydrogens is 742 g/mol. The molecule has 0 aliphatic carbocycles. The number of benzene rings is 3. The van der Waals surface area contributed by atoms with Crippen molar-refractivity contribution in [2.45, 2.75) is 70.0 Å². The number of halogens is 1. The van der Waals surface area contributed by atoms with Crippen LogP contribution in [0.15, 0.2) is 85.2 Å². The molecule has 308 valence electrons. The summed E-state index contributed by atoms with van der Waals surface area (Å²) < 4.78 is 35.1. The topological polar surface area (TPSA) is 119 Å². The molecular formula is C47H56FN9O2. The molecule has 4 aliphatic heterocycles. The number of nitrogens with two attached hydrogens (primary N) is 1. The number of hydrogen-bond acceptors (Lipinski definition) is 9. The molecule has 5 aromatic rings. The molecule has 0 bridgehead atoms. The van der Waals surface area contributed by atoms with Gasteiger partial charge in [0.15, 0.2) is 5.82 Å². The maximum Gasteiger partial charge on any atom is 0.254 e. The molecule has 9 rings (SSSR count). The molecule has 59 heavy (non-hydrogen) atoms. The third-order valence-corrected chi connectivity index (χ3v) is 13.1. The number of nitrogen functional groups attached to an aromatic ring is 1. The van der Waals surface area contributed by atoms with Crippen LogP contribution >= 0.6 is 0 Å². The number of carbonyl (C=O) groups is 1. The predicted molar refractivity (Wildman–Crippen MR) is 234 cm³/mol. The molecule has 3 saturated heterocycles. The molecule has 12 heteroatoms. The molecule has 4 N–H and O–H groups in total. The number of alkyl halides is 1. The van der Waals surface area contributed by atoms with Gasteiger partial charge in [-0.25, -0.2) is 4.39 Å². The van der Waals surface area contributed by atoms with Crippen molar-refractivity contribution in [2.24, 2.45) is 0 Å². The number of nitrogens with one attached hydrogen (secondary N) is 1. The first-order valence-corrected chi connectivity index (χ1v) is 21.1. The number of piperidine rings is 3. The van der Waals surface area contributed by atoms with Gasteiger partial charge in [-0.1, -0.05) is 30.3 Å². The number of aromatic hydroxyl groups is 1. The maximum absolute atomic E-state index is 16.5. The van der Waals surface area contributed by atoms with E-state index < -0.39 is 18.8 Å². The van der Waals surface area contributed by atoms with Crippen LogP contribution in [0.1, 0.15) is 80.3 Å². The van der Waals surface area contributed by atoms with Crippen LogP contribution in [0.4, 0.5) is 21.6 Å². The van der Waals surface area contributed by atoms with Gasteiger partial charge in [0.05, 0.1) is 19.4 Å². The van der Waals surface area contributed by atoms with E-state index in [4.69, 9.17) is 8.48 Å². The van der Waals surface area contributed by atoms with Crippen molar-refractivity contribution >= 4 is 34.0 Å². The van der Waals surface area contributed by atoms with Crippen molar-refractivity contribution in [3.63, 3.8) is 0 Å². The van der Waals surface area contributed by atoms with Gasteiger partial charge in [0, 0.05) is 119 Å². The fourth-order valence-corrected chi connectivity index (χ4v) is 9.70. The fraction of sp³-hybridized carbons (Fsp3) is 0.426. The van der Waals surface area contributed by atoms with Crippen molar-refractivity contribution in [1.29, 1.82) is 0 Å². The Kier molecular flexibility index (Phi) is 10.1. The zero-order valence-electron chi connectivity index (χ0n) is 36.0. The zero-order chi connectivity index (χ0) is 42.4. The smallest absolute Gasteiger partial charge is 0.254 e. The monoisotopic (exact) mass is 799 g/mol. The number of amides is 1. The lowest BCUT2D eigenvalue weighted by atomic mass is 9.88. The molecule has 3 fully saturated rings. The Labute approximate surface area is 349 Å². The Bertz CT molecular complexity index is 2440. The molecule has 3 aromatic carbocycles. The highest BCUT2D eigenvalue weighted by Gasteiger charge is 2.39. The van der Waals surface area contributed by atoms with Crippen LogP contribution in [-0.4, -0.2) is 100 Å². The molecule has 0 saturated carbocycles. The van der Waals surface area contributed by atoms with Crippen LogP contribution in [0.25, 0.3) is 22.2 Å². The zero-order valence-corrected chi connectivity index (χ0v) is 34.0. The minimum absolute atomic E-state index is 0.0315. The summed E-state index contributed by atoms with van der Waals surface area (Å²) in [5.74, 6) is 0.701. The summed E-state index contributed by atoms with van der Waals surface area (Å²) >= 11 is 0. The second-order valence-corrected chi connectivity index (χ2v) is 17.0. The standard InChI is InChI=1S/C47H56FN9O2/c1-32-25-34(35-7-5-19-55(29-35)43-27-41(51-52-45(43)49)39-8-3-4-9-44(39)58)10-12-38(32)46(59)54-23-16-47(48,17-24-54)30-53-21-14-36(15-22-53)57-28-33(2)40-26-37(11-13-42(40)57)56-20-6-18-50-31-56/h3-4,6,8-13,20,25-28,35-36,50,58H,5,7,14-19,21-24,29-31H2,1-2H3,(H2,49,52)/i18D,31D. The van der Waals surface area contributed by atoms with E-state index in [-0.39, 0.29) is 17.6 Å². The second-order valence-electron chi connectivity index (χ2n) is 17.0. The van der Waals surface area contributed by atoms with E-state index in [0.29, 0.717) is 61.2 Å². The Hall–Kier alpha value is -5.46. The van der Waals surface area contributed by atoms with Gasteiger partial charge >= 0.3 is 0 Å². The van der Waals surface area contributed by atoms with Gasteiger partial charge in [0.1, 0.15) is 11.4 Å². The highest BCUT2D eigenvalue weighted by Crippen LogP contribution is 2.38. The Balaban J connectivity index is 0.783. The van der Waals surface area contributed by atoms with E-state index in [9.17, 15) is 9.90 Å². The highest BCUT2D eigenvalue weighted by atomic mass is 19.1. The molecule has 4 aliphatic rings. The predicted octanol–water partition coefficient (Wildman–Crippen LogP) is 7.55.